The number of nitrogens with zero attached hydrogens (tertiary/aromatic N) is 2. The normalized spacial score (nSPS) is 21.9. The molecule has 2 aliphatic heterocycles. The smallest absolute Gasteiger partial charge is 0.417 e. The summed E-state index contributed by atoms with van der Waals surface area (Å²) in [5.41, 5.74) is -0.819. The number of hydrogen-bond donors (Lipinski definition) is 0. The maximum absolute atomic E-state index is 12.9. The first-order chi connectivity index (χ1) is 14.3. The van der Waals surface area contributed by atoms with Crippen molar-refractivity contribution >= 4 is 5.91 Å². The summed E-state index contributed by atoms with van der Waals surface area (Å²) in [5, 5.41) is 0. The number of likely N-dealkylation sites (tertiary alicyclic amines) is 1. The van der Waals surface area contributed by atoms with Gasteiger partial charge in [-0.1, -0.05) is 12.1 Å². The van der Waals surface area contributed by atoms with Gasteiger partial charge >= 0.3 is 6.18 Å². The quantitative estimate of drug-likeness (QED) is 0.755. The Morgan fingerprint density at radius 1 is 1.10 bits per heavy atom. The third-order valence-electron chi connectivity index (χ3n) is 5.19. The Labute approximate surface area is 171 Å². The van der Waals surface area contributed by atoms with Gasteiger partial charge in [0.05, 0.1) is 5.56 Å². The number of rotatable bonds is 3. The third-order valence-corrected chi connectivity index (χ3v) is 5.19. The van der Waals surface area contributed by atoms with Gasteiger partial charge in [-0.05, 0) is 25.1 Å². The van der Waals surface area contributed by atoms with E-state index in [4.69, 9.17) is 14.2 Å². The molecule has 1 saturated heterocycles. The summed E-state index contributed by atoms with van der Waals surface area (Å²) in [5.74, 6) is 1.15. The molecular weight excluding hydrogens is 401 g/mol. The summed E-state index contributed by atoms with van der Waals surface area (Å²) in [7, 11) is 0. The van der Waals surface area contributed by atoms with E-state index in [1.54, 1.807) is 24.0 Å². The molecule has 0 bridgehead atoms. The number of carbonyl (C=O) groups is 1. The molecule has 0 saturated carbocycles. The number of alkyl halides is 3. The Morgan fingerprint density at radius 2 is 1.77 bits per heavy atom. The molecule has 1 aromatic heterocycles. The number of amides is 1. The summed E-state index contributed by atoms with van der Waals surface area (Å²) >= 11 is 0. The SMILES string of the molecule is C[C@H]1Oc2ccccc2O[C@@H]1C(=O)N1CCC(Oc2ccc(C(F)(F)F)cn2)CC1. The zero-order valence-corrected chi connectivity index (χ0v) is 16.3. The number of carbonyl (C=O) groups excluding carboxylic acids is 1. The van der Waals surface area contributed by atoms with Gasteiger partial charge < -0.3 is 19.1 Å². The van der Waals surface area contributed by atoms with Gasteiger partial charge in [-0.15, -0.1) is 0 Å². The molecule has 6 nitrogen and oxygen atoms in total. The zero-order valence-electron chi connectivity index (χ0n) is 16.3. The van der Waals surface area contributed by atoms with Crippen molar-refractivity contribution in [3.63, 3.8) is 0 Å². The van der Waals surface area contributed by atoms with Crippen LogP contribution in [-0.4, -0.2) is 47.2 Å². The summed E-state index contributed by atoms with van der Waals surface area (Å²) in [4.78, 5) is 18.4. The lowest BCUT2D eigenvalue weighted by Gasteiger charge is -2.37. The predicted molar refractivity (Wildman–Crippen MR) is 100 cm³/mol. The molecule has 0 N–H and O–H groups in total. The second kappa shape index (κ2) is 8.04. The summed E-state index contributed by atoms with van der Waals surface area (Å²) in [6.45, 7) is 2.71. The first kappa shape index (κ1) is 20.3. The fourth-order valence-corrected chi connectivity index (χ4v) is 3.55. The first-order valence-electron chi connectivity index (χ1n) is 9.72. The highest BCUT2D eigenvalue weighted by molar-refractivity contribution is 5.82. The van der Waals surface area contributed by atoms with Gasteiger partial charge in [0.15, 0.2) is 11.5 Å². The minimum atomic E-state index is -4.43. The molecule has 3 heterocycles. The topological polar surface area (TPSA) is 60.9 Å². The monoisotopic (exact) mass is 422 g/mol. The van der Waals surface area contributed by atoms with Crippen molar-refractivity contribution in [1.82, 2.24) is 9.88 Å². The van der Waals surface area contributed by atoms with E-state index >= 15 is 0 Å². The molecule has 1 fully saturated rings. The molecule has 0 spiro atoms. The van der Waals surface area contributed by atoms with Crippen LogP contribution in [0.5, 0.6) is 17.4 Å². The van der Waals surface area contributed by atoms with Gasteiger partial charge in [-0.25, -0.2) is 4.98 Å². The van der Waals surface area contributed by atoms with E-state index in [-0.39, 0.29) is 17.9 Å². The molecule has 0 unspecified atom stereocenters. The molecule has 2 aliphatic rings. The Bertz CT molecular complexity index is 896. The van der Waals surface area contributed by atoms with Crippen molar-refractivity contribution in [2.24, 2.45) is 0 Å². The van der Waals surface area contributed by atoms with Crippen LogP contribution in [0.25, 0.3) is 0 Å². The maximum atomic E-state index is 12.9. The van der Waals surface area contributed by atoms with Gasteiger partial charge in [0.2, 0.25) is 12.0 Å². The molecule has 1 aromatic carbocycles. The van der Waals surface area contributed by atoms with Crippen molar-refractivity contribution in [3.8, 4) is 17.4 Å². The van der Waals surface area contributed by atoms with Crippen molar-refractivity contribution in [3.05, 3.63) is 48.2 Å². The van der Waals surface area contributed by atoms with Crippen LogP contribution in [-0.2, 0) is 11.0 Å². The Balaban J connectivity index is 1.32. The average molecular weight is 422 g/mol. The van der Waals surface area contributed by atoms with Crippen molar-refractivity contribution in [1.29, 1.82) is 0 Å². The Morgan fingerprint density at radius 3 is 2.37 bits per heavy atom. The number of ether oxygens (including phenoxy) is 3. The van der Waals surface area contributed by atoms with Crippen LogP contribution < -0.4 is 14.2 Å². The molecule has 0 radical (unpaired) electrons. The molecule has 30 heavy (non-hydrogen) atoms. The van der Waals surface area contributed by atoms with Gasteiger partial charge in [-0.3, -0.25) is 4.79 Å². The molecule has 4 rings (SSSR count). The molecular formula is C21H21F3N2O4. The number of aromatic nitrogens is 1. The zero-order chi connectivity index (χ0) is 21.3. The van der Waals surface area contributed by atoms with Crippen LogP contribution in [0.1, 0.15) is 25.3 Å². The van der Waals surface area contributed by atoms with E-state index in [0.717, 1.165) is 12.3 Å². The molecule has 1 amide bonds. The summed E-state index contributed by atoms with van der Waals surface area (Å²) < 4.78 is 55.2. The number of pyridine rings is 1. The molecule has 2 aromatic rings. The van der Waals surface area contributed by atoms with Crippen molar-refractivity contribution in [2.75, 3.05) is 13.1 Å². The number of para-hydroxylation sites is 2. The van der Waals surface area contributed by atoms with E-state index in [0.29, 0.717) is 37.4 Å². The van der Waals surface area contributed by atoms with E-state index in [1.807, 2.05) is 12.1 Å². The first-order valence-corrected chi connectivity index (χ1v) is 9.72. The lowest BCUT2D eigenvalue weighted by Crippen LogP contribution is -2.53. The van der Waals surface area contributed by atoms with E-state index in [9.17, 15) is 18.0 Å². The third kappa shape index (κ3) is 4.29. The van der Waals surface area contributed by atoms with E-state index in [2.05, 4.69) is 4.98 Å². The second-order valence-corrected chi connectivity index (χ2v) is 7.33. The number of piperidine rings is 1. The fourth-order valence-electron chi connectivity index (χ4n) is 3.55. The van der Waals surface area contributed by atoms with Gasteiger partial charge in [0, 0.05) is 38.2 Å². The van der Waals surface area contributed by atoms with Crippen LogP contribution in [0.3, 0.4) is 0 Å². The molecule has 0 aliphatic carbocycles. The fraction of sp³-hybridized carbons (Fsp3) is 0.429. The van der Waals surface area contributed by atoms with Crippen molar-refractivity contribution < 1.29 is 32.2 Å². The van der Waals surface area contributed by atoms with Crippen LogP contribution in [0.4, 0.5) is 13.2 Å². The lowest BCUT2D eigenvalue weighted by atomic mass is 10.1. The number of halogens is 3. The minimum absolute atomic E-state index is 0.141. The molecule has 160 valence electrons. The minimum Gasteiger partial charge on any atom is -0.482 e. The van der Waals surface area contributed by atoms with Crippen LogP contribution in [0.2, 0.25) is 0 Å². The predicted octanol–water partition coefficient (Wildman–Crippen LogP) is 3.70. The summed E-state index contributed by atoms with van der Waals surface area (Å²) in [6, 6.07) is 9.38. The number of benzene rings is 1. The van der Waals surface area contributed by atoms with Crippen LogP contribution >= 0.6 is 0 Å². The van der Waals surface area contributed by atoms with E-state index < -0.39 is 23.9 Å². The standard InChI is InChI=1S/C21H21F3N2O4/c1-13-19(30-17-5-3-2-4-16(17)28-13)20(27)26-10-8-15(9-11-26)29-18-7-6-14(12-25-18)21(22,23)24/h2-7,12-13,15,19H,8-11H2,1H3/t13-,19+/m1/s1. The molecule has 9 heteroatoms. The average Bonchev–Trinajstić information content (AvgIpc) is 2.73. The van der Waals surface area contributed by atoms with E-state index in [1.165, 1.54) is 6.07 Å². The van der Waals surface area contributed by atoms with Gasteiger partial charge in [-0.2, -0.15) is 13.2 Å². The highest BCUT2D eigenvalue weighted by Gasteiger charge is 2.38. The van der Waals surface area contributed by atoms with Crippen molar-refractivity contribution in [2.45, 2.75) is 44.3 Å². The van der Waals surface area contributed by atoms with Gasteiger partial charge in [0.25, 0.3) is 5.91 Å². The van der Waals surface area contributed by atoms with Crippen LogP contribution in [0, 0.1) is 0 Å². The second-order valence-electron chi connectivity index (χ2n) is 7.33. The summed E-state index contributed by atoms with van der Waals surface area (Å²) in [6.07, 6.45) is -3.94. The lowest BCUT2D eigenvalue weighted by molar-refractivity contribution is -0.146. The Kier molecular flexibility index (Phi) is 5.44. The van der Waals surface area contributed by atoms with Crippen LogP contribution in [0.15, 0.2) is 42.6 Å². The largest absolute Gasteiger partial charge is 0.482 e. The number of fused-ring (bicyclic) bond motifs is 1. The Hall–Kier alpha value is -2.97. The maximum Gasteiger partial charge on any atom is 0.417 e. The number of hydrogen-bond acceptors (Lipinski definition) is 5. The highest BCUT2D eigenvalue weighted by Crippen LogP contribution is 2.34. The highest BCUT2D eigenvalue weighted by atomic mass is 19.4. The van der Waals surface area contributed by atoms with Gasteiger partial charge in [0.1, 0.15) is 12.2 Å². The molecule has 2 atom stereocenters.